The summed E-state index contributed by atoms with van der Waals surface area (Å²) in [7, 11) is 0. The van der Waals surface area contributed by atoms with Gasteiger partial charge >= 0.3 is 12.1 Å². The number of carbonyl (C=O) groups is 3. The van der Waals surface area contributed by atoms with Crippen molar-refractivity contribution in [3.8, 4) is 0 Å². The van der Waals surface area contributed by atoms with Gasteiger partial charge in [0, 0.05) is 6.42 Å². The van der Waals surface area contributed by atoms with E-state index in [2.05, 4.69) is 5.32 Å². The van der Waals surface area contributed by atoms with E-state index in [1.54, 1.807) is 27.7 Å². The van der Waals surface area contributed by atoms with Gasteiger partial charge in [-0.25, -0.2) is 9.59 Å². The molecule has 21 heavy (non-hydrogen) atoms. The van der Waals surface area contributed by atoms with Crippen LogP contribution in [0, 0.1) is 5.92 Å². The maximum atomic E-state index is 12.1. The summed E-state index contributed by atoms with van der Waals surface area (Å²) in [5.41, 5.74) is 3.37. The molecule has 0 aromatic heterocycles. The summed E-state index contributed by atoms with van der Waals surface area (Å²) in [4.78, 5) is 34.9. The molecule has 0 aromatic rings. The number of primary amides is 1. The molecule has 0 saturated heterocycles. The van der Waals surface area contributed by atoms with E-state index in [9.17, 15) is 14.4 Å². The van der Waals surface area contributed by atoms with Crippen molar-refractivity contribution in [3.63, 3.8) is 0 Å². The predicted molar refractivity (Wildman–Crippen MR) is 75.3 cm³/mol. The van der Waals surface area contributed by atoms with Crippen LogP contribution in [0.2, 0.25) is 0 Å². The van der Waals surface area contributed by atoms with Crippen molar-refractivity contribution in [2.24, 2.45) is 11.7 Å². The Hall–Kier alpha value is -1.79. The minimum atomic E-state index is -1.11. The molecule has 0 unspecified atom stereocenters. The summed E-state index contributed by atoms with van der Waals surface area (Å²) in [5.74, 6) is -0.951. The van der Waals surface area contributed by atoms with Gasteiger partial charge in [-0.3, -0.25) is 4.79 Å². The fourth-order valence-electron chi connectivity index (χ4n) is 2.44. The fourth-order valence-corrected chi connectivity index (χ4v) is 2.44. The summed E-state index contributed by atoms with van der Waals surface area (Å²) >= 11 is 0. The number of carbonyl (C=O) groups excluding carboxylic acids is 3. The zero-order chi connectivity index (χ0) is 16.3. The van der Waals surface area contributed by atoms with Crippen LogP contribution in [0.4, 0.5) is 4.79 Å². The Balaban J connectivity index is 2.70. The van der Waals surface area contributed by atoms with E-state index in [0.717, 1.165) is 0 Å². The van der Waals surface area contributed by atoms with E-state index in [4.69, 9.17) is 15.2 Å². The number of hydrogen-bond donors (Lipinski definition) is 2. The standard InChI is InChI=1S/C14H24N2O5/c1-5-20-11(18)14(7-9(8-14)6-10(15)17)16-12(19)21-13(2,3)4/h9H,5-8H2,1-4H3,(H2,15,17)(H,16,19). The van der Waals surface area contributed by atoms with Crippen LogP contribution in [0.3, 0.4) is 0 Å². The van der Waals surface area contributed by atoms with Gasteiger partial charge in [-0.05, 0) is 46.5 Å². The van der Waals surface area contributed by atoms with Gasteiger partial charge in [0.05, 0.1) is 6.61 Å². The highest BCUT2D eigenvalue weighted by Gasteiger charge is 2.53. The number of amides is 2. The van der Waals surface area contributed by atoms with Crippen molar-refractivity contribution >= 4 is 18.0 Å². The van der Waals surface area contributed by atoms with Crippen molar-refractivity contribution in [3.05, 3.63) is 0 Å². The van der Waals surface area contributed by atoms with E-state index >= 15 is 0 Å². The lowest BCUT2D eigenvalue weighted by molar-refractivity contribution is -0.158. The second kappa shape index (κ2) is 6.32. The Morgan fingerprint density at radius 1 is 1.29 bits per heavy atom. The molecule has 3 N–H and O–H groups in total. The molecule has 0 heterocycles. The van der Waals surface area contributed by atoms with Gasteiger partial charge in [0.1, 0.15) is 11.1 Å². The van der Waals surface area contributed by atoms with Gasteiger partial charge < -0.3 is 20.5 Å². The average molecular weight is 300 g/mol. The van der Waals surface area contributed by atoms with Crippen LogP contribution in [0.1, 0.15) is 47.0 Å². The highest BCUT2D eigenvalue weighted by atomic mass is 16.6. The number of alkyl carbamates (subject to hydrolysis) is 1. The number of nitrogens with one attached hydrogen (secondary N) is 1. The summed E-state index contributed by atoms with van der Waals surface area (Å²) < 4.78 is 10.2. The van der Waals surface area contributed by atoms with Crippen molar-refractivity contribution in [2.45, 2.75) is 58.1 Å². The lowest BCUT2D eigenvalue weighted by atomic mass is 9.67. The van der Waals surface area contributed by atoms with E-state index in [1.165, 1.54) is 0 Å². The average Bonchev–Trinajstić information content (AvgIpc) is 2.22. The number of rotatable bonds is 5. The molecule has 7 nitrogen and oxygen atoms in total. The zero-order valence-electron chi connectivity index (χ0n) is 13.0. The van der Waals surface area contributed by atoms with Gasteiger partial charge in [0.2, 0.25) is 5.91 Å². The second-order valence-corrected chi connectivity index (χ2v) is 6.37. The van der Waals surface area contributed by atoms with Gasteiger partial charge in [-0.1, -0.05) is 0 Å². The third-order valence-electron chi connectivity index (χ3n) is 3.17. The largest absolute Gasteiger partial charge is 0.464 e. The van der Waals surface area contributed by atoms with Crippen molar-refractivity contribution in [2.75, 3.05) is 6.61 Å². The first-order chi connectivity index (χ1) is 9.58. The summed E-state index contributed by atoms with van der Waals surface area (Å²) in [5, 5.41) is 2.59. The molecule has 1 fully saturated rings. The smallest absolute Gasteiger partial charge is 0.408 e. The van der Waals surface area contributed by atoms with Gasteiger partial charge in [0.15, 0.2) is 0 Å². The molecule has 1 aliphatic carbocycles. The van der Waals surface area contributed by atoms with Crippen LogP contribution >= 0.6 is 0 Å². The topological polar surface area (TPSA) is 108 Å². The Bertz CT molecular complexity index is 422. The minimum absolute atomic E-state index is 0.0261. The Morgan fingerprint density at radius 2 is 1.86 bits per heavy atom. The van der Waals surface area contributed by atoms with E-state index in [1.807, 2.05) is 0 Å². The van der Waals surface area contributed by atoms with Crippen LogP contribution in [0.15, 0.2) is 0 Å². The van der Waals surface area contributed by atoms with Crippen LogP contribution < -0.4 is 11.1 Å². The van der Waals surface area contributed by atoms with Crippen molar-refractivity contribution in [1.29, 1.82) is 0 Å². The minimum Gasteiger partial charge on any atom is -0.464 e. The van der Waals surface area contributed by atoms with Crippen molar-refractivity contribution in [1.82, 2.24) is 5.32 Å². The molecule has 2 amide bonds. The first-order valence-electron chi connectivity index (χ1n) is 7.04. The fraction of sp³-hybridized carbons (Fsp3) is 0.786. The lowest BCUT2D eigenvalue weighted by Gasteiger charge is -2.45. The molecule has 0 radical (unpaired) electrons. The second-order valence-electron chi connectivity index (χ2n) is 6.37. The monoisotopic (exact) mass is 300 g/mol. The van der Waals surface area contributed by atoms with E-state index < -0.39 is 29.1 Å². The SMILES string of the molecule is CCOC(=O)C1(NC(=O)OC(C)(C)C)CC(CC(N)=O)C1. The number of ether oxygens (including phenoxy) is 2. The van der Waals surface area contributed by atoms with Crippen LogP contribution in [0.5, 0.6) is 0 Å². The van der Waals surface area contributed by atoms with Crippen LogP contribution in [-0.4, -0.2) is 35.7 Å². The Morgan fingerprint density at radius 3 is 2.29 bits per heavy atom. The highest BCUT2D eigenvalue weighted by Crippen LogP contribution is 2.41. The molecule has 1 saturated carbocycles. The number of esters is 1. The summed E-state index contributed by atoms with van der Waals surface area (Å²) in [6.45, 7) is 7.12. The van der Waals surface area contributed by atoms with Gasteiger partial charge in [-0.15, -0.1) is 0 Å². The highest BCUT2D eigenvalue weighted by molar-refractivity contribution is 5.87. The van der Waals surface area contributed by atoms with Gasteiger partial charge in [0.25, 0.3) is 0 Å². The molecular weight excluding hydrogens is 276 g/mol. The molecule has 0 atom stereocenters. The summed E-state index contributed by atoms with van der Waals surface area (Å²) in [6, 6.07) is 0. The Labute approximate surface area is 124 Å². The summed E-state index contributed by atoms with van der Waals surface area (Å²) in [6.07, 6.45) is 0.173. The van der Waals surface area contributed by atoms with E-state index in [-0.39, 0.29) is 18.9 Å². The number of nitrogens with two attached hydrogens (primary N) is 1. The first kappa shape index (κ1) is 17.3. The molecule has 0 bridgehead atoms. The maximum absolute atomic E-state index is 12.1. The molecule has 7 heteroatoms. The predicted octanol–water partition coefficient (Wildman–Crippen LogP) is 1.10. The van der Waals surface area contributed by atoms with E-state index in [0.29, 0.717) is 12.8 Å². The molecule has 0 aliphatic heterocycles. The molecule has 0 aromatic carbocycles. The molecular formula is C14H24N2O5. The van der Waals surface area contributed by atoms with Gasteiger partial charge in [-0.2, -0.15) is 0 Å². The van der Waals surface area contributed by atoms with Crippen LogP contribution in [-0.2, 0) is 19.1 Å². The molecule has 120 valence electrons. The molecule has 1 aliphatic rings. The molecule has 1 rings (SSSR count). The quantitative estimate of drug-likeness (QED) is 0.739. The Kier molecular flexibility index (Phi) is 5.20. The third kappa shape index (κ3) is 4.91. The van der Waals surface area contributed by atoms with Crippen LogP contribution in [0.25, 0.3) is 0 Å². The first-order valence-corrected chi connectivity index (χ1v) is 7.04. The normalized spacial score (nSPS) is 24.7. The number of hydrogen-bond acceptors (Lipinski definition) is 5. The zero-order valence-corrected chi connectivity index (χ0v) is 13.0. The van der Waals surface area contributed by atoms with Crippen molar-refractivity contribution < 1.29 is 23.9 Å². The lowest BCUT2D eigenvalue weighted by Crippen LogP contribution is -2.63. The maximum Gasteiger partial charge on any atom is 0.408 e. The molecule has 0 spiro atoms. The third-order valence-corrected chi connectivity index (χ3v) is 3.17.